The maximum Gasteiger partial charge on any atom is 0.262 e. The zero-order chi connectivity index (χ0) is 19.8. The summed E-state index contributed by atoms with van der Waals surface area (Å²) in [7, 11) is 1.72. The van der Waals surface area contributed by atoms with E-state index in [9.17, 15) is 9.59 Å². The van der Waals surface area contributed by atoms with Crippen LogP contribution in [0.25, 0.3) is 10.2 Å². The number of thiophene rings is 1. The third-order valence-corrected chi connectivity index (χ3v) is 7.55. The van der Waals surface area contributed by atoms with Crippen LogP contribution in [0.15, 0.2) is 34.2 Å². The van der Waals surface area contributed by atoms with E-state index in [2.05, 4.69) is 10.3 Å². The summed E-state index contributed by atoms with van der Waals surface area (Å²) in [4.78, 5) is 32.0. The predicted molar refractivity (Wildman–Crippen MR) is 116 cm³/mol. The number of halogens is 1. The van der Waals surface area contributed by atoms with Gasteiger partial charge in [-0.05, 0) is 43.4 Å². The molecule has 3 aromatic rings. The number of nitrogens with zero attached hydrogens (tertiary/aromatic N) is 2. The van der Waals surface area contributed by atoms with E-state index in [1.54, 1.807) is 23.0 Å². The molecule has 1 atom stereocenters. The Morgan fingerprint density at radius 1 is 1.39 bits per heavy atom. The van der Waals surface area contributed by atoms with E-state index in [4.69, 9.17) is 11.6 Å². The van der Waals surface area contributed by atoms with Crippen molar-refractivity contribution in [3.8, 4) is 0 Å². The van der Waals surface area contributed by atoms with Crippen molar-refractivity contribution in [3.05, 3.63) is 55.6 Å². The number of benzene rings is 1. The summed E-state index contributed by atoms with van der Waals surface area (Å²) in [6, 6.07) is 7.27. The Hall–Kier alpha value is -1.83. The average Bonchev–Trinajstić information content (AvgIpc) is 3.24. The van der Waals surface area contributed by atoms with Gasteiger partial charge in [-0.1, -0.05) is 41.6 Å². The molecule has 1 amide bonds. The van der Waals surface area contributed by atoms with E-state index in [0.29, 0.717) is 10.2 Å². The SMILES string of the molecule is CC(NC(=O)CSc1nc2sc3c(c2c(=O)n1C)CCC3)c1ccccc1Cl. The van der Waals surface area contributed by atoms with Gasteiger partial charge in [0.15, 0.2) is 5.16 Å². The molecule has 0 fully saturated rings. The molecular weight excluding hydrogens is 414 g/mol. The van der Waals surface area contributed by atoms with Gasteiger partial charge in [-0.2, -0.15) is 0 Å². The largest absolute Gasteiger partial charge is 0.349 e. The molecular formula is C20H20ClN3O2S2. The van der Waals surface area contributed by atoms with Crippen molar-refractivity contribution in [2.24, 2.45) is 7.05 Å². The first-order valence-corrected chi connectivity index (χ1v) is 11.3. The smallest absolute Gasteiger partial charge is 0.262 e. The number of hydrogen-bond donors (Lipinski definition) is 1. The van der Waals surface area contributed by atoms with Gasteiger partial charge >= 0.3 is 0 Å². The first kappa shape index (κ1) is 19.5. The minimum atomic E-state index is -0.193. The topological polar surface area (TPSA) is 64.0 Å². The monoisotopic (exact) mass is 433 g/mol. The number of amides is 1. The third-order valence-electron chi connectivity index (χ3n) is 4.99. The quantitative estimate of drug-likeness (QED) is 0.486. The molecule has 28 heavy (non-hydrogen) atoms. The fraction of sp³-hybridized carbons (Fsp3) is 0.350. The first-order chi connectivity index (χ1) is 13.5. The van der Waals surface area contributed by atoms with Crippen molar-refractivity contribution in [2.75, 3.05) is 5.75 Å². The number of carbonyl (C=O) groups is 1. The highest BCUT2D eigenvalue weighted by atomic mass is 35.5. The lowest BCUT2D eigenvalue weighted by molar-refractivity contribution is -0.119. The normalized spacial score (nSPS) is 14.2. The highest BCUT2D eigenvalue weighted by Crippen LogP contribution is 2.35. The summed E-state index contributed by atoms with van der Waals surface area (Å²) < 4.78 is 1.56. The molecule has 8 heteroatoms. The van der Waals surface area contributed by atoms with Crippen LogP contribution in [-0.4, -0.2) is 21.2 Å². The van der Waals surface area contributed by atoms with Crippen LogP contribution in [0, 0.1) is 0 Å². The summed E-state index contributed by atoms with van der Waals surface area (Å²) in [6.45, 7) is 1.90. The molecule has 4 rings (SSSR count). The van der Waals surface area contributed by atoms with Gasteiger partial charge in [0.1, 0.15) is 4.83 Å². The second-order valence-electron chi connectivity index (χ2n) is 6.90. The van der Waals surface area contributed by atoms with Gasteiger partial charge in [0, 0.05) is 16.9 Å². The van der Waals surface area contributed by atoms with E-state index in [0.717, 1.165) is 35.0 Å². The van der Waals surface area contributed by atoms with Crippen molar-refractivity contribution >= 4 is 50.8 Å². The van der Waals surface area contributed by atoms with Crippen LogP contribution in [0.3, 0.4) is 0 Å². The molecule has 0 aliphatic heterocycles. The Morgan fingerprint density at radius 3 is 2.96 bits per heavy atom. The molecule has 0 saturated heterocycles. The number of carbonyl (C=O) groups excluding carboxylic acids is 1. The molecule has 0 bridgehead atoms. The van der Waals surface area contributed by atoms with Crippen molar-refractivity contribution in [2.45, 2.75) is 37.4 Å². The Bertz CT molecular complexity index is 1120. The van der Waals surface area contributed by atoms with Crippen molar-refractivity contribution in [3.63, 3.8) is 0 Å². The lowest BCUT2D eigenvalue weighted by Crippen LogP contribution is -2.29. The lowest BCUT2D eigenvalue weighted by Gasteiger charge is -2.15. The summed E-state index contributed by atoms with van der Waals surface area (Å²) in [5.41, 5.74) is 2.04. The molecule has 5 nitrogen and oxygen atoms in total. The fourth-order valence-electron chi connectivity index (χ4n) is 3.55. The molecule has 2 heterocycles. The Morgan fingerprint density at radius 2 is 2.18 bits per heavy atom. The van der Waals surface area contributed by atoms with Crippen molar-refractivity contribution in [1.29, 1.82) is 0 Å². The molecule has 1 aliphatic carbocycles. The standard InChI is InChI=1S/C20H20ClN3O2S2/c1-11(12-6-3-4-8-14(12)21)22-16(25)10-27-20-23-18-17(19(26)24(20)2)13-7-5-9-15(13)28-18/h3-4,6,8,11H,5,7,9-10H2,1-2H3,(H,22,25). The van der Waals surface area contributed by atoms with Crippen molar-refractivity contribution in [1.82, 2.24) is 14.9 Å². The average molecular weight is 434 g/mol. The molecule has 1 aliphatic rings. The van der Waals surface area contributed by atoms with E-state index >= 15 is 0 Å². The van der Waals surface area contributed by atoms with Crippen LogP contribution >= 0.6 is 34.7 Å². The van der Waals surface area contributed by atoms with E-state index < -0.39 is 0 Å². The van der Waals surface area contributed by atoms with Gasteiger partial charge in [-0.3, -0.25) is 14.2 Å². The van der Waals surface area contributed by atoms with Crippen molar-refractivity contribution < 1.29 is 4.79 Å². The van der Waals surface area contributed by atoms with Crippen LogP contribution in [-0.2, 0) is 24.7 Å². The number of fused-ring (bicyclic) bond motifs is 3. The zero-order valence-electron chi connectivity index (χ0n) is 15.6. The van der Waals surface area contributed by atoms with E-state index in [-0.39, 0.29) is 23.3 Å². The Labute approximate surface area is 176 Å². The van der Waals surface area contributed by atoms with Gasteiger partial charge in [-0.15, -0.1) is 11.3 Å². The van der Waals surface area contributed by atoms with Gasteiger partial charge in [0.2, 0.25) is 5.91 Å². The molecule has 0 saturated carbocycles. The van der Waals surface area contributed by atoms with E-state index in [1.807, 2.05) is 31.2 Å². The zero-order valence-corrected chi connectivity index (χ0v) is 18.0. The highest BCUT2D eigenvalue weighted by molar-refractivity contribution is 7.99. The molecule has 1 aromatic carbocycles. The lowest BCUT2D eigenvalue weighted by atomic mass is 10.1. The van der Waals surface area contributed by atoms with E-state index in [1.165, 1.54) is 22.2 Å². The van der Waals surface area contributed by atoms with Gasteiger partial charge in [-0.25, -0.2) is 4.98 Å². The van der Waals surface area contributed by atoms with Crippen LogP contribution in [0.5, 0.6) is 0 Å². The number of nitrogens with one attached hydrogen (secondary N) is 1. The predicted octanol–water partition coefficient (Wildman–Crippen LogP) is 4.11. The molecule has 0 radical (unpaired) electrons. The number of aryl methyl sites for hydroxylation is 2. The molecule has 0 spiro atoms. The molecule has 1 N–H and O–H groups in total. The minimum Gasteiger partial charge on any atom is -0.349 e. The second kappa shape index (κ2) is 7.89. The maximum atomic E-state index is 12.8. The van der Waals surface area contributed by atoms with Crippen LogP contribution in [0.4, 0.5) is 0 Å². The summed E-state index contributed by atoms with van der Waals surface area (Å²) in [6.07, 6.45) is 3.10. The number of hydrogen-bond acceptors (Lipinski definition) is 5. The number of rotatable bonds is 5. The first-order valence-electron chi connectivity index (χ1n) is 9.13. The second-order valence-corrected chi connectivity index (χ2v) is 9.33. The number of thioether (sulfide) groups is 1. The summed E-state index contributed by atoms with van der Waals surface area (Å²) in [5.74, 6) is 0.0616. The van der Waals surface area contributed by atoms with Crippen LogP contribution < -0.4 is 10.9 Å². The Kier molecular flexibility index (Phi) is 5.49. The van der Waals surface area contributed by atoms with Gasteiger partial charge < -0.3 is 5.32 Å². The summed E-state index contributed by atoms with van der Waals surface area (Å²) in [5, 5.41) is 4.91. The highest BCUT2D eigenvalue weighted by Gasteiger charge is 2.22. The summed E-state index contributed by atoms with van der Waals surface area (Å²) >= 11 is 9.09. The third kappa shape index (κ3) is 3.58. The van der Waals surface area contributed by atoms with Crippen LogP contribution in [0.1, 0.15) is 35.4 Å². The van der Waals surface area contributed by atoms with Gasteiger partial charge in [0.05, 0.1) is 17.2 Å². The van der Waals surface area contributed by atoms with Crippen LogP contribution in [0.2, 0.25) is 5.02 Å². The Balaban J connectivity index is 1.48. The maximum absolute atomic E-state index is 12.8. The fourth-order valence-corrected chi connectivity index (χ4v) is 5.94. The van der Waals surface area contributed by atoms with Gasteiger partial charge in [0.25, 0.3) is 5.56 Å². The minimum absolute atomic E-state index is 0.0169. The molecule has 146 valence electrons. The molecule has 1 unspecified atom stereocenters. The molecule has 2 aromatic heterocycles. The number of aromatic nitrogens is 2.